The summed E-state index contributed by atoms with van der Waals surface area (Å²) in [6.07, 6.45) is 16.7. The van der Waals surface area contributed by atoms with Crippen molar-refractivity contribution in [2.45, 2.75) is 156 Å². The van der Waals surface area contributed by atoms with Gasteiger partial charge in [-0.1, -0.05) is 66.6 Å². The van der Waals surface area contributed by atoms with Crippen molar-refractivity contribution in [2.24, 2.45) is 0 Å². The molecule has 10 N–H and O–H groups in total. The summed E-state index contributed by atoms with van der Waals surface area (Å²) in [4.78, 5) is 125. The third-order valence-corrected chi connectivity index (χ3v) is 25.2. The zero-order valence-electron chi connectivity index (χ0n) is 71.6. The van der Waals surface area contributed by atoms with Gasteiger partial charge in [0.15, 0.2) is 17.3 Å². The Morgan fingerprint density at radius 1 is 0.527 bits per heavy atom. The van der Waals surface area contributed by atoms with Gasteiger partial charge in [0.25, 0.3) is 5.56 Å². The number of nitrogen functional groups attached to an aromatic ring is 1. The van der Waals surface area contributed by atoms with Crippen molar-refractivity contribution in [1.29, 1.82) is 0 Å². The van der Waals surface area contributed by atoms with Gasteiger partial charge in [-0.15, -0.1) is 6.42 Å². The van der Waals surface area contributed by atoms with Crippen molar-refractivity contribution in [3.63, 3.8) is 0 Å². The third kappa shape index (κ3) is 26.1. The second-order valence-electron chi connectivity index (χ2n) is 32.5. The van der Waals surface area contributed by atoms with Crippen LogP contribution in [-0.2, 0) is 98.2 Å². The topological polar surface area (TPSA) is 357 Å². The molecule has 1 heterocycles. The number of rotatable bonds is 20. The van der Waals surface area contributed by atoms with Crippen LogP contribution < -0.4 is 42.8 Å². The number of carboxylic acids is 1. The van der Waals surface area contributed by atoms with E-state index in [1.807, 2.05) is 141 Å². The summed E-state index contributed by atoms with van der Waals surface area (Å²) in [7, 11) is 0. The number of hydrogen-bond acceptors (Lipinski definition) is 18. The van der Waals surface area contributed by atoms with Gasteiger partial charge < -0.3 is 66.6 Å². The Morgan fingerprint density at radius 3 is 1.50 bits per heavy atom. The van der Waals surface area contributed by atoms with Crippen molar-refractivity contribution in [3.8, 4) is 12.3 Å². The zero-order chi connectivity index (χ0) is 92.3. The number of aliphatic hydroxyl groups is 1. The molecule has 6 aliphatic carbocycles. The highest BCUT2D eigenvalue weighted by Crippen LogP contribution is 2.43. The number of H-pyrrole nitrogens is 1. The number of halogens is 5. The van der Waals surface area contributed by atoms with E-state index in [0.29, 0.717) is 71.3 Å². The maximum Gasteiger partial charge on any atom is 0.338 e. The van der Waals surface area contributed by atoms with Gasteiger partial charge in [-0.3, -0.25) is 38.4 Å². The Kier molecular flexibility index (Phi) is 33.4. The van der Waals surface area contributed by atoms with Crippen LogP contribution >= 0.6 is 79.6 Å². The summed E-state index contributed by atoms with van der Waals surface area (Å²) >= 11 is 17.1. The van der Waals surface area contributed by atoms with Crippen LogP contribution in [0, 0.1) is 12.3 Å². The zero-order valence-corrected chi connectivity index (χ0v) is 79.5. The van der Waals surface area contributed by atoms with Crippen LogP contribution in [0.4, 0.5) is 39.8 Å². The number of nitrogens with one attached hydrogen (secondary N) is 6. The van der Waals surface area contributed by atoms with Gasteiger partial charge in [0.05, 0.1) is 76.6 Å². The largest absolute Gasteiger partial charge is 0.478 e. The highest BCUT2D eigenvalue weighted by molar-refractivity contribution is 9.11. The molecular formula is C100H96Br5N9O15. The number of anilines is 7. The lowest BCUT2D eigenvalue weighted by atomic mass is 10.0. The van der Waals surface area contributed by atoms with Crippen LogP contribution in [0.2, 0.25) is 0 Å². The summed E-state index contributed by atoms with van der Waals surface area (Å²) in [5.74, 6) is 1.63. The number of carbonyl (C=O) groups excluding carboxylic acids is 8. The fourth-order valence-electron chi connectivity index (χ4n) is 15.8. The Morgan fingerprint density at radius 2 is 0.992 bits per heavy atom. The fraction of sp³-hybridized carbons (Fsp3) is 0.270. The molecule has 2 unspecified atom stereocenters. The normalized spacial score (nSPS) is 14.3. The van der Waals surface area contributed by atoms with E-state index in [9.17, 15) is 53.1 Å². The standard InChI is InChI=1S/C29H31BrN2O4.C22H19N3O4.C18H16BrNO3.C11H10BrNO2.C11H12BrNO.C9H8BrNO/c1-29(2,3)36-28(34)20-9-12-22(13-10-20)31-25-14-11-21-15-26(24(30)16-23(21)25)32-27(33)18-35-17-19-7-5-4-6-8-19;1-2-9-25(15-6-3-13(4-7-15)22(28)29)19-8-5-14-10-18-17(11-16(14)19)21(27)24-20(12-26)23-18;19-15-9-14-13(6-7-17(14)21)8-16(15)20-18(22)11-23-10-12-4-2-1-3-5-12;1-6(14)13-10-4-7-2-3-11(15)8(7)5-9(10)12;1-7(14)13-11-6-9-4-2-3-8(9)5-10(11)12;10-7-4-6-5(3-8(7)11)1-2-9(6)12/h4-10,12-13,15-16,25,31H,11,14,17-18H2,1-3H3,(H,32,33);1,3-4,6-7,10-11,19,26H,5,8-9,12H2,(H,28,29)(H,23,24,27);1-5,8-9H,6-7,10-11H2,(H,20,22);4-5H,2-3H2,1H3,(H,13,14);5-6H,2-4H2,1H3,(H,13,14);3-4H,1-2,11H2. The third-order valence-electron chi connectivity index (χ3n) is 21.9. The summed E-state index contributed by atoms with van der Waals surface area (Å²) in [6.45, 7) is 9.34. The summed E-state index contributed by atoms with van der Waals surface area (Å²) < 4.78 is 20.5. The summed E-state index contributed by atoms with van der Waals surface area (Å²) in [6, 6.07) is 56.6. The first-order chi connectivity index (χ1) is 61.7. The van der Waals surface area contributed by atoms with E-state index in [1.54, 1.807) is 48.5 Å². The van der Waals surface area contributed by atoms with Gasteiger partial charge in [0, 0.05) is 89.2 Å². The number of nitrogens with two attached hydrogens (primary N) is 1. The molecule has 6 aliphatic rings. The maximum atomic E-state index is 12.4. The highest BCUT2D eigenvalue weighted by atomic mass is 79.9. The van der Waals surface area contributed by atoms with E-state index in [1.165, 1.54) is 42.5 Å². The monoisotopic (exact) mass is 2060 g/mol. The molecule has 0 radical (unpaired) electrons. The molecule has 10 aromatic carbocycles. The second-order valence-corrected chi connectivity index (χ2v) is 36.7. The van der Waals surface area contributed by atoms with Crippen LogP contribution in [0.5, 0.6) is 0 Å². The van der Waals surface area contributed by atoms with Crippen LogP contribution in [-0.4, -0.2) is 98.5 Å². The number of carboxylic acid groups (broad SMARTS) is 1. The minimum Gasteiger partial charge on any atom is -0.478 e. The number of amides is 4. The molecule has 1 aromatic heterocycles. The van der Waals surface area contributed by atoms with Crippen molar-refractivity contribution in [2.75, 3.05) is 57.0 Å². The van der Waals surface area contributed by atoms with Crippen LogP contribution in [0.1, 0.15) is 204 Å². The first-order valence-corrected chi connectivity index (χ1v) is 45.9. The number of ketones is 3. The average molecular weight is 2060 g/mol. The minimum absolute atomic E-state index is 0.0120. The molecule has 2 atom stereocenters. The molecule has 0 bridgehead atoms. The van der Waals surface area contributed by atoms with Gasteiger partial charge in [0.1, 0.15) is 31.2 Å². The number of terminal acetylenes is 1. The van der Waals surface area contributed by atoms with Gasteiger partial charge in [-0.05, 0) is 347 Å². The number of hydrogen-bond donors (Lipinski definition) is 9. The number of fused-ring (bicyclic) bond motifs is 7. The number of esters is 1. The van der Waals surface area contributed by atoms with Gasteiger partial charge in [-0.2, -0.15) is 0 Å². The quantitative estimate of drug-likeness (QED) is 0.0194. The SMILES string of the molecule is C#CCN(c1ccc(C(=O)O)cc1)C1CCc2cc3nc(CO)[nH]c(=O)c3cc21.CC(=O)Nc1cc2c(cc1Br)C(=O)CC2.CC(=O)Nc1cc2c(cc1Br)CCC2.CC(C)(C)OC(=O)c1ccc(NC2CCc3cc(NC(=O)COCc4ccccc4)c(Br)cc32)cc1.Nc1cc2c(cc1Br)C(=O)CC2.O=C(COCc1ccccc1)Nc1cc2c(cc1Br)C(=O)CC2. The van der Waals surface area contributed by atoms with Gasteiger partial charge in [0.2, 0.25) is 23.6 Å². The molecule has 11 aromatic rings. The van der Waals surface area contributed by atoms with Gasteiger partial charge in [-0.25, -0.2) is 14.6 Å². The fourth-order valence-corrected chi connectivity index (χ4v) is 18.0. The number of benzene rings is 10. The molecule has 4 amide bonds. The number of ether oxygens (including phenoxy) is 3. The molecule has 0 spiro atoms. The molecule has 0 fully saturated rings. The number of aliphatic hydroxyl groups excluding tert-OH is 1. The molecule has 0 saturated carbocycles. The maximum absolute atomic E-state index is 12.4. The Bertz CT molecular complexity index is 6200. The van der Waals surface area contributed by atoms with E-state index in [-0.39, 0.29) is 95.8 Å². The van der Waals surface area contributed by atoms with Crippen molar-refractivity contribution >= 4 is 183 Å². The van der Waals surface area contributed by atoms with Crippen molar-refractivity contribution < 1.29 is 67.6 Å². The molecule has 0 aliphatic heterocycles. The lowest BCUT2D eigenvalue weighted by Gasteiger charge is -2.30. The molecule has 29 heteroatoms. The number of Topliss-reactive ketones (excluding diaryl/α,β-unsaturated/α-hetero) is 3. The second kappa shape index (κ2) is 44.6. The van der Waals surface area contributed by atoms with Crippen LogP contribution in [0.25, 0.3) is 10.9 Å². The lowest BCUT2D eigenvalue weighted by Crippen LogP contribution is -2.28. The Hall–Kier alpha value is -11.6. The molecule has 0 saturated heterocycles. The number of aromatic carboxylic acids is 1. The van der Waals surface area contributed by atoms with E-state index < -0.39 is 11.6 Å². The lowest BCUT2D eigenvalue weighted by molar-refractivity contribution is -0.121. The van der Waals surface area contributed by atoms with E-state index >= 15 is 0 Å². The number of aromatic amines is 1. The predicted molar refractivity (Wildman–Crippen MR) is 518 cm³/mol. The van der Waals surface area contributed by atoms with Gasteiger partial charge >= 0.3 is 11.9 Å². The smallest absolute Gasteiger partial charge is 0.338 e. The molecule has 129 heavy (non-hydrogen) atoms. The average Bonchev–Trinajstić information content (AvgIpc) is 1.65. The Balaban J connectivity index is 0.000000146. The van der Waals surface area contributed by atoms with Crippen molar-refractivity contribution in [1.82, 2.24) is 9.97 Å². The van der Waals surface area contributed by atoms with E-state index in [4.69, 9.17) is 31.5 Å². The molecular weight excluding hydrogens is 1970 g/mol. The first-order valence-electron chi connectivity index (χ1n) is 41.9. The number of nitrogens with zero attached hydrogens (tertiary/aromatic N) is 2. The number of carbonyl (C=O) groups is 9. The first kappa shape index (κ1) is 96.5. The van der Waals surface area contributed by atoms with Crippen LogP contribution in [0.3, 0.4) is 0 Å². The predicted octanol–water partition coefficient (Wildman–Crippen LogP) is 20.2. The molecule has 24 nitrogen and oxygen atoms in total. The minimum atomic E-state index is -0.980. The Labute approximate surface area is 789 Å². The van der Waals surface area contributed by atoms with Crippen molar-refractivity contribution in [3.05, 3.63) is 310 Å². The van der Waals surface area contributed by atoms with Crippen LogP contribution in [0.15, 0.2) is 209 Å². The number of aromatic nitrogens is 2. The summed E-state index contributed by atoms with van der Waals surface area (Å²) in [5, 5.41) is 33.7. The highest BCUT2D eigenvalue weighted by Gasteiger charge is 2.32. The van der Waals surface area contributed by atoms with E-state index in [2.05, 4.69) is 140 Å². The molecule has 17 rings (SSSR count). The number of aryl methyl sites for hydroxylation is 7. The molecule has 666 valence electrons. The van der Waals surface area contributed by atoms with E-state index in [0.717, 1.165) is 160 Å². The summed E-state index contributed by atoms with van der Waals surface area (Å²) in [5.41, 5.74) is 26.4.